The molecule has 0 fully saturated rings. The first-order valence-corrected chi connectivity index (χ1v) is 6.91. The van der Waals surface area contributed by atoms with Crippen molar-refractivity contribution in [1.82, 2.24) is 4.90 Å². The van der Waals surface area contributed by atoms with Crippen LogP contribution in [0.2, 0.25) is 0 Å². The highest BCUT2D eigenvalue weighted by atomic mass is 16.6. The van der Waals surface area contributed by atoms with Crippen molar-refractivity contribution in [3.63, 3.8) is 0 Å². The molecular weight excluding hydrogens is 261 g/mol. The summed E-state index contributed by atoms with van der Waals surface area (Å²) >= 11 is 0. The molecule has 1 amide bonds. The van der Waals surface area contributed by atoms with Crippen molar-refractivity contribution < 1.29 is 9.53 Å². The molecule has 0 bridgehead atoms. The van der Waals surface area contributed by atoms with Crippen molar-refractivity contribution in [2.24, 2.45) is 0 Å². The van der Waals surface area contributed by atoms with E-state index in [2.05, 4.69) is 0 Å². The zero-order valence-corrected chi connectivity index (χ0v) is 12.2. The molecule has 0 aliphatic carbocycles. The van der Waals surface area contributed by atoms with Crippen LogP contribution in [-0.4, -0.2) is 32.4 Å². The van der Waals surface area contributed by atoms with Gasteiger partial charge < -0.3 is 9.64 Å². The lowest BCUT2D eigenvalue weighted by molar-refractivity contribution is 0.105. The van der Waals surface area contributed by atoms with E-state index < -0.39 is 0 Å². The topological polar surface area (TPSA) is 29.5 Å². The Balaban J connectivity index is 1.76. The fourth-order valence-electron chi connectivity index (χ4n) is 1.90. The van der Waals surface area contributed by atoms with Gasteiger partial charge in [0.1, 0.15) is 14.5 Å². The highest BCUT2D eigenvalue weighted by Gasteiger charge is 2.09. The molecule has 3 nitrogen and oxygen atoms in total. The first-order valence-electron chi connectivity index (χ1n) is 6.91. The lowest BCUT2D eigenvalue weighted by atomic mass is 9.95. The van der Waals surface area contributed by atoms with E-state index in [0.717, 1.165) is 23.0 Å². The molecule has 2 aromatic rings. The van der Waals surface area contributed by atoms with E-state index in [0.29, 0.717) is 13.2 Å². The van der Waals surface area contributed by atoms with Crippen LogP contribution in [-0.2, 0) is 17.8 Å². The third-order valence-electron chi connectivity index (χ3n) is 3.23. The fraction of sp³-hybridized carbons (Fsp3) is 0.235. The average Bonchev–Trinajstić information content (AvgIpc) is 2.52. The maximum Gasteiger partial charge on any atom is 0.409 e. The van der Waals surface area contributed by atoms with E-state index in [9.17, 15) is 4.79 Å². The van der Waals surface area contributed by atoms with Crippen LogP contribution >= 0.6 is 0 Å². The summed E-state index contributed by atoms with van der Waals surface area (Å²) in [6.45, 7) is 0.906. The van der Waals surface area contributed by atoms with E-state index in [-0.39, 0.29) is 6.09 Å². The average molecular weight is 279 g/mol. The van der Waals surface area contributed by atoms with Gasteiger partial charge in [-0.05, 0) is 17.5 Å². The normalized spacial score (nSPS) is 10.1. The van der Waals surface area contributed by atoms with Gasteiger partial charge in [0, 0.05) is 13.6 Å². The minimum absolute atomic E-state index is 0.298. The van der Waals surface area contributed by atoms with Crippen LogP contribution < -0.4 is 5.46 Å². The molecule has 0 unspecified atom stereocenters. The Morgan fingerprint density at radius 3 is 2.38 bits per heavy atom. The summed E-state index contributed by atoms with van der Waals surface area (Å²) in [7, 11) is 7.38. The van der Waals surface area contributed by atoms with Crippen molar-refractivity contribution in [3.05, 3.63) is 65.7 Å². The molecule has 0 aliphatic rings. The van der Waals surface area contributed by atoms with E-state index in [1.165, 1.54) is 0 Å². The van der Waals surface area contributed by atoms with Crippen LogP contribution in [0.4, 0.5) is 4.79 Å². The first kappa shape index (κ1) is 15.2. The Morgan fingerprint density at radius 2 is 1.71 bits per heavy atom. The van der Waals surface area contributed by atoms with Gasteiger partial charge in [-0.1, -0.05) is 60.1 Å². The number of carbonyl (C=O) groups is 1. The van der Waals surface area contributed by atoms with Crippen LogP contribution in [0, 0.1) is 0 Å². The molecule has 0 aromatic heterocycles. The number of hydrogen-bond donors (Lipinski definition) is 0. The number of carbonyl (C=O) groups excluding carboxylic acids is 1. The molecule has 2 radical (unpaired) electrons. The first-order chi connectivity index (χ1) is 10.1. The fourth-order valence-corrected chi connectivity index (χ4v) is 1.90. The predicted octanol–water partition coefficient (Wildman–Crippen LogP) is 2.29. The van der Waals surface area contributed by atoms with Crippen molar-refractivity contribution in [2.75, 3.05) is 13.6 Å². The summed E-state index contributed by atoms with van der Waals surface area (Å²) in [5, 5.41) is 0. The second-order valence-corrected chi connectivity index (χ2v) is 4.95. The second-order valence-electron chi connectivity index (χ2n) is 4.95. The van der Waals surface area contributed by atoms with Crippen LogP contribution in [0.3, 0.4) is 0 Å². The molecule has 0 aliphatic heterocycles. The summed E-state index contributed by atoms with van der Waals surface area (Å²) in [5.74, 6) is 0. The van der Waals surface area contributed by atoms with E-state index in [1.807, 2.05) is 54.6 Å². The van der Waals surface area contributed by atoms with E-state index >= 15 is 0 Å². The standard InChI is InChI=1S/C17H18BNO2/c1-19(12-11-14-7-9-16(18)10-8-14)17(20)21-13-15-5-3-2-4-6-15/h2-10H,11-13H2,1H3. The van der Waals surface area contributed by atoms with Crippen LogP contribution in [0.1, 0.15) is 11.1 Å². The zero-order valence-electron chi connectivity index (χ0n) is 12.2. The van der Waals surface area contributed by atoms with Gasteiger partial charge in [0.2, 0.25) is 0 Å². The maximum absolute atomic E-state index is 11.9. The molecule has 0 spiro atoms. The van der Waals surface area contributed by atoms with Gasteiger partial charge in [-0.15, -0.1) is 0 Å². The van der Waals surface area contributed by atoms with Crippen LogP contribution in [0.5, 0.6) is 0 Å². The molecule has 0 N–H and O–H groups in total. The number of hydrogen-bond acceptors (Lipinski definition) is 2. The number of nitrogens with zero attached hydrogens (tertiary/aromatic N) is 1. The summed E-state index contributed by atoms with van der Waals surface area (Å²) in [5.41, 5.74) is 2.87. The molecule has 2 rings (SSSR count). The van der Waals surface area contributed by atoms with Crippen molar-refractivity contribution in [3.8, 4) is 0 Å². The Labute approximate surface area is 126 Å². The van der Waals surface area contributed by atoms with Crippen molar-refractivity contribution in [2.45, 2.75) is 13.0 Å². The molecule has 0 saturated heterocycles. The molecule has 2 aromatic carbocycles. The quantitative estimate of drug-likeness (QED) is 0.786. The minimum Gasteiger partial charge on any atom is -0.445 e. The molecule has 21 heavy (non-hydrogen) atoms. The van der Waals surface area contributed by atoms with Gasteiger partial charge in [0.15, 0.2) is 0 Å². The number of amides is 1. The van der Waals surface area contributed by atoms with Gasteiger partial charge in [0.05, 0.1) is 0 Å². The molecule has 0 heterocycles. The number of rotatable bonds is 5. The maximum atomic E-state index is 11.9. The molecular formula is C17H18BNO2. The Kier molecular flexibility index (Phi) is 5.44. The van der Waals surface area contributed by atoms with Crippen LogP contribution in [0.15, 0.2) is 54.6 Å². The SMILES string of the molecule is [B]c1ccc(CCN(C)C(=O)OCc2ccccc2)cc1. The minimum atomic E-state index is -0.311. The Bertz CT molecular complexity index is 569. The van der Waals surface area contributed by atoms with Gasteiger partial charge in [-0.3, -0.25) is 0 Å². The number of benzene rings is 2. The van der Waals surface area contributed by atoms with Gasteiger partial charge in [-0.25, -0.2) is 4.79 Å². The largest absolute Gasteiger partial charge is 0.445 e. The summed E-state index contributed by atoms with van der Waals surface area (Å²) in [6.07, 6.45) is 0.464. The third-order valence-corrected chi connectivity index (χ3v) is 3.23. The van der Waals surface area contributed by atoms with E-state index in [1.54, 1.807) is 11.9 Å². The van der Waals surface area contributed by atoms with Crippen LogP contribution in [0.25, 0.3) is 0 Å². The van der Waals surface area contributed by atoms with E-state index in [4.69, 9.17) is 12.6 Å². The highest BCUT2D eigenvalue weighted by molar-refractivity contribution is 6.32. The molecule has 0 atom stereocenters. The monoisotopic (exact) mass is 279 g/mol. The molecule has 106 valence electrons. The smallest absolute Gasteiger partial charge is 0.409 e. The predicted molar refractivity (Wildman–Crippen MR) is 84.8 cm³/mol. The lowest BCUT2D eigenvalue weighted by Gasteiger charge is -2.17. The van der Waals surface area contributed by atoms with Gasteiger partial charge >= 0.3 is 6.09 Å². The zero-order chi connectivity index (χ0) is 15.1. The molecule has 4 heteroatoms. The summed E-state index contributed by atoms with van der Waals surface area (Å²) in [6, 6.07) is 17.3. The Morgan fingerprint density at radius 1 is 1.05 bits per heavy atom. The molecule has 0 saturated carbocycles. The third kappa shape index (κ3) is 4.99. The van der Waals surface area contributed by atoms with Gasteiger partial charge in [0.25, 0.3) is 0 Å². The Hall–Kier alpha value is -2.23. The van der Waals surface area contributed by atoms with Crippen molar-refractivity contribution >= 4 is 19.4 Å². The lowest BCUT2D eigenvalue weighted by Crippen LogP contribution is -2.29. The number of ether oxygens (including phenoxy) is 1. The second kappa shape index (κ2) is 7.53. The van der Waals surface area contributed by atoms with Gasteiger partial charge in [-0.2, -0.15) is 0 Å². The van der Waals surface area contributed by atoms with Crippen molar-refractivity contribution in [1.29, 1.82) is 0 Å². The highest BCUT2D eigenvalue weighted by Crippen LogP contribution is 2.04. The summed E-state index contributed by atoms with van der Waals surface area (Å²) in [4.78, 5) is 13.5. The number of likely N-dealkylation sites (N-methyl/N-ethyl adjacent to an activating group) is 1. The summed E-state index contributed by atoms with van der Waals surface area (Å²) < 4.78 is 5.26.